The van der Waals surface area contributed by atoms with Crippen LogP contribution in [0.3, 0.4) is 0 Å². The number of carbonyl (C=O) groups excluding carboxylic acids is 2. The molecule has 3 amide bonds. The number of sulfone groups is 1. The van der Waals surface area contributed by atoms with Gasteiger partial charge < -0.3 is 16.0 Å². The third kappa shape index (κ3) is 6.29. The van der Waals surface area contributed by atoms with Crippen molar-refractivity contribution in [1.82, 2.24) is 10.6 Å². The van der Waals surface area contributed by atoms with Crippen molar-refractivity contribution in [3.8, 4) is 0 Å². The van der Waals surface area contributed by atoms with Crippen molar-refractivity contribution < 1.29 is 22.4 Å². The summed E-state index contributed by atoms with van der Waals surface area (Å²) in [6, 6.07) is 3.51. The number of benzene rings is 1. The van der Waals surface area contributed by atoms with Gasteiger partial charge in [0.05, 0.1) is 11.5 Å². The predicted molar refractivity (Wildman–Crippen MR) is 97.0 cm³/mol. The number of hydrogen-bond acceptors (Lipinski definition) is 4. The van der Waals surface area contributed by atoms with Crippen LogP contribution < -0.4 is 16.0 Å². The number of urea groups is 1. The fourth-order valence-corrected chi connectivity index (χ4v) is 4.43. The Labute approximate surface area is 152 Å². The smallest absolute Gasteiger partial charge is 0.315 e. The lowest BCUT2D eigenvalue weighted by Gasteiger charge is -2.21. The van der Waals surface area contributed by atoms with Crippen LogP contribution in [0.1, 0.15) is 26.7 Å². The van der Waals surface area contributed by atoms with Crippen LogP contribution in [0.15, 0.2) is 24.3 Å². The van der Waals surface area contributed by atoms with Crippen molar-refractivity contribution in [2.45, 2.75) is 38.8 Å². The van der Waals surface area contributed by atoms with Gasteiger partial charge in [0.25, 0.3) is 0 Å². The molecule has 1 aromatic rings. The second-order valence-corrected chi connectivity index (χ2v) is 9.12. The van der Waals surface area contributed by atoms with Crippen molar-refractivity contribution >= 4 is 27.5 Å². The van der Waals surface area contributed by atoms with Gasteiger partial charge in [-0.25, -0.2) is 17.6 Å². The maximum atomic E-state index is 13.0. The van der Waals surface area contributed by atoms with Crippen LogP contribution >= 0.6 is 0 Å². The first kappa shape index (κ1) is 20.2. The Hall–Kier alpha value is -2.16. The second-order valence-electron chi connectivity index (χ2n) is 6.90. The van der Waals surface area contributed by atoms with Crippen molar-refractivity contribution in [3.63, 3.8) is 0 Å². The van der Waals surface area contributed by atoms with Crippen LogP contribution in [0.4, 0.5) is 14.9 Å². The molecule has 1 aromatic carbocycles. The first-order valence-electron chi connectivity index (χ1n) is 8.48. The summed E-state index contributed by atoms with van der Waals surface area (Å²) in [4.78, 5) is 24.6. The average molecular weight is 385 g/mol. The molecule has 2 unspecified atom stereocenters. The molecule has 0 aromatic heterocycles. The lowest BCUT2D eigenvalue weighted by molar-refractivity contribution is -0.118. The van der Waals surface area contributed by atoms with Crippen LogP contribution in [0.2, 0.25) is 0 Å². The Balaban J connectivity index is 1.96. The number of amides is 3. The van der Waals surface area contributed by atoms with E-state index in [9.17, 15) is 22.4 Å². The van der Waals surface area contributed by atoms with Gasteiger partial charge in [-0.3, -0.25) is 4.79 Å². The monoisotopic (exact) mass is 385 g/mol. The quantitative estimate of drug-likeness (QED) is 0.693. The van der Waals surface area contributed by atoms with E-state index < -0.39 is 39.7 Å². The van der Waals surface area contributed by atoms with E-state index in [1.54, 1.807) is 0 Å². The van der Waals surface area contributed by atoms with E-state index in [0.717, 1.165) is 0 Å². The molecule has 2 atom stereocenters. The van der Waals surface area contributed by atoms with Gasteiger partial charge in [0.15, 0.2) is 9.84 Å². The van der Waals surface area contributed by atoms with E-state index in [1.165, 1.54) is 24.3 Å². The molecule has 2 rings (SSSR count). The number of hydrogen-bond donors (Lipinski definition) is 3. The number of anilines is 1. The molecule has 0 radical (unpaired) electrons. The molecule has 1 fully saturated rings. The van der Waals surface area contributed by atoms with Crippen LogP contribution in [0.5, 0.6) is 0 Å². The highest BCUT2D eigenvalue weighted by atomic mass is 32.2. The summed E-state index contributed by atoms with van der Waals surface area (Å²) in [7, 11) is -3.10. The Kier molecular flexibility index (Phi) is 6.57. The molecule has 1 aliphatic rings. The van der Waals surface area contributed by atoms with Gasteiger partial charge in [-0.2, -0.15) is 0 Å². The van der Waals surface area contributed by atoms with Gasteiger partial charge in [0.1, 0.15) is 11.9 Å². The molecule has 0 aliphatic carbocycles. The summed E-state index contributed by atoms with van der Waals surface area (Å²) in [5, 5.41) is 7.85. The maximum Gasteiger partial charge on any atom is 0.315 e. The number of nitrogens with one attached hydrogen (secondary N) is 3. The first-order valence-corrected chi connectivity index (χ1v) is 10.3. The molecular formula is C17H24FN3O4S. The van der Waals surface area contributed by atoms with Crippen LogP contribution in [0.25, 0.3) is 0 Å². The third-order valence-electron chi connectivity index (χ3n) is 4.01. The van der Waals surface area contributed by atoms with Crippen molar-refractivity contribution in [2.75, 3.05) is 16.8 Å². The Morgan fingerprint density at radius 1 is 1.23 bits per heavy atom. The molecule has 0 spiro atoms. The van der Waals surface area contributed by atoms with Gasteiger partial charge >= 0.3 is 6.03 Å². The highest BCUT2D eigenvalue weighted by Crippen LogP contribution is 2.13. The lowest BCUT2D eigenvalue weighted by Crippen LogP contribution is -2.51. The van der Waals surface area contributed by atoms with Gasteiger partial charge in [-0.15, -0.1) is 0 Å². The summed E-state index contributed by atoms with van der Waals surface area (Å²) >= 11 is 0. The fourth-order valence-electron chi connectivity index (χ4n) is 2.76. The van der Waals surface area contributed by atoms with E-state index in [-0.39, 0.29) is 17.4 Å². The highest BCUT2D eigenvalue weighted by molar-refractivity contribution is 7.91. The zero-order valence-corrected chi connectivity index (χ0v) is 15.6. The normalized spacial score (nSPS) is 19.8. The number of halogens is 1. The minimum Gasteiger partial charge on any atom is -0.334 e. The van der Waals surface area contributed by atoms with E-state index in [0.29, 0.717) is 18.5 Å². The molecule has 1 saturated heterocycles. The van der Waals surface area contributed by atoms with E-state index >= 15 is 0 Å². The lowest BCUT2D eigenvalue weighted by atomic mass is 10.0. The first-order chi connectivity index (χ1) is 12.1. The molecule has 0 bridgehead atoms. The molecule has 144 valence electrons. The average Bonchev–Trinajstić information content (AvgIpc) is 2.87. The van der Waals surface area contributed by atoms with Crippen LogP contribution in [0, 0.1) is 11.7 Å². The second kappa shape index (κ2) is 8.48. The van der Waals surface area contributed by atoms with E-state index in [1.807, 2.05) is 13.8 Å². The van der Waals surface area contributed by atoms with Gasteiger partial charge in [0, 0.05) is 11.7 Å². The zero-order valence-electron chi connectivity index (χ0n) is 14.8. The molecule has 3 N–H and O–H groups in total. The summed E-state index contributed by atoms with van der Waals surface area (Å²) in [6.45, 7) is 3.84. The summed E-state index contributed by atoms with van der Waals surface area (Å²) < 4.78 is 35.9. The summed E-state index contributed by atoms with van der Waals surface area (Å²) in [5.41, 5.74) is 0.425. The van der Waals surface area contributed by atoms with Crippen LogP contribution in [-0.4, -0.2) is 43.9 Å². The van der Waals surface area contributed by atoms with Gasteiger partial charge in [-0.1, -0.05) is 13.8 Å². The summed E-state index contributed by atoms with van der Waals surface area (Å²) in [6.07, 6.45) is 0.774. The highest BCUT2D eigenvalue weighted by Gasteiger charge is 2.30. The number of carbonyl (C=O) groups is 2. The largest absolute Gasteiger partial charge is 0.334 e. The molecule has 26 heavy (non-hydrogen) atoms. The molecule has 7 nitrogen and oxygen atoms in total. The van der Waals surface area contributed by atoms with E-state index in [4.69, 9.17) is 0 Å². The van der Waals surface area contributed by atoms with Gasteiger partial charge in [-0.05, 0) is 43.0 Å². The predicted octanol–water partition coefficient (Wildman–Crippen LogP) is 1.67. The topological polar surface area (TPSA) is 104 Å². The Morgan fingerprint density at radius 2 is 1.88 bits per heavy atom. The minimum absolute atomic E-state index is 0.0540. The SMILES string of the molecule is CC(C)CC(NC(=O)NC1CCS(=O)(=O)C1)C(=O)Nc1ccc(F)cc1. The molecular weight excluding hydrogens is 361 g/mol. The molecule has 0 saturated carbocycles. The Morgan fingerprint density at radius 3 is 2.42 bits per heavy atom. The third-order valence-corrected chi connectivity index (χ3v) is 5.78. The van der Waals surface area contributed by atoms with Crippen molar-refractivity contribution in [1.29, 1.82) is 0 Å². The zero-order chi connectivity index (χ0) is 19.3. The molecule has 1 heterocycles. The van der Waals surface area contributed by atoms with E-state index in [2.05, 4.69) is 16.0 Å². The van der Waals surface area contributed by atoms with Crippen molar-refractivity contribution in [3.05, 3.63) is 30.1 Å². The van der Waals surface area contributed by atoms with Gasteiger partial charge in [0.2, 0.25) is 5.91 Å². The molecule has 9 heteroatoms. The fraction of sp³-hybridized carbons (Fsp3) is 0.529. The number of rotatable bonds is 6. The van der Waals surface area contributed by atoms with Crippen LogP contribution in [-0.2, 0) is 14.6 Å². The summed E-state index contributed by atoms with van der Waals surface area (Å²) in [5.74, 6) is -0.716. The Bertz CT molecular complexity index is 750. The standard InChI is InChI=1S/C17H24FN3O4S/c1-11(2)9-15(16(22)19-13-5-3-12(18)4-6-13)21-17(23)20-14-7-8-26(24,25)10-14/h3-6,11,14-15H,7-10H2,1-2H3,(H,19,22)(H2,20,21,23). The maximum absolute atomic E-state index is 13.0. The molecule has 1 aliphatic heterocycles. The van der Waals surface area contributed by atoms with Crippen molar-refractivity contribution in [2.24, 2.45) is 5.92 Å². The minimum atomic E-state index is -3.10.